The molecule has 0 atom stereocenters. The minimum absolute atomic E-state index is 0.978. The fourth-order valence-corrected chi connectivity index (χ4v) is 2.09. The van der Waals surface area contributed by atoms with Gasteiger partial charge in [-0.15, -0.1) is 11.3 Å². The lowest BCUT2D eigenvalue weighted by molar-refractivity contribution is 0.318. The molecular formula is C9H15BrN2S. The summed E-state index contributed by atoms with van der Waals surface area (Å²) in [5.41, 5.74) is 3.08. The Morgan fingerprint density at radius 2 is 2.38 bits per heavy atom. The predicted molar refractivity (Wildman–Crippen MR) is 61.5 cm³/mol. The molecule has 0 aromatic carbocycles. The van der Waals surface area contributed by atoms with Gasteiger partial charge in [0.05, 0.1) is 11.2 Å². The largest absolute Gasteiger partial charge is 0.301 e. The summed E-state index contributed by atoms with van der Waals surface area (Å²) in [5.74, 6) is 0. The molecule has 0 aliphatic rings. The Labute approximate surface area is 92.1 Å². The van der Waals surface area contributed by atoms with E-state index in [0.717, 1.165) is 18.4 Å². The zero-order valence-electron chi connectivity index (χ0n) is 7.87. The third-order valence-electron chi connectivity index (χ3n) is 1.84. The van der Waals surface area contributed by atoms with E-state index in [1.165, 1.54) is 18.5 Å². The van der Waals surface area contributed by atoms with Gasteiger partial charge in [0.15, 0.2) is 0 Å². The van der Waals surface area contributed by atoms with Gasteiger partial charge in [0.1, 0.15) is 0 Å². The van der Waals surface area contributed by atoms with Gasteiger partial charge in [-0.1, -0.05) is 15.9 Å². The van der Waals surface area contributed by atoms with Crippen molar-refractivity contribution in [1.29, 1.82) is 0 Å². The first-order valence-corrected chi connectivity index (χ1v) is 6.51. The van der Waals surface area contributed by atoms with Crippen LogP contribution in [0.15, 0.2) is 10.9 Å². The van der Waals surface area contributed by atoms with E-state index < -0.39 is 0 Å². The number of halogens is 1. The van der Waals surface area contributed by atoms with E-state index in [0.29, 0.717) is 0 Å². The standard InChI is InChI=1S/C9H15BrN2S/c1-12(5-3-2-4-10)6-9-7-13-8-11-9/h7-8H,2-6H2,1H3. The Kier molecular flexibility index (Phi) is 5.58. The molecular weight excluding hydrogens is 248 g/mol. The molecule has 2 nitrogen and oxygen atoms in total. The van der Waals surface area contributed by atoms with Crippen molar-refractivity contribution in [3.63, 3.8) is 0 Å². The summed E-state index contributed by atoms with van der Waals surface area (Å²) in [6.45, 7) is 2.13. The number of alkyl halides is 1. The third kappa shape index (κ3) is 4.74. The second kappa shape index (κ2) is 6.51. The molecule has 0 bridgehead atoms. The van der Waals surface area contributed by atoms with Crippen LogP contribution < -0.4 is 0 Å². The first kappa shape index (κ1) is 11.1. The van der Waals surface area contributed by atoms with Gasteiger partial charge in [0, 0.05) is 17.3 Å². The van der Waals surface area contributed by atoms with Gasteiger partial charge < -0.3 is 4.90 Å². The summed E-state index contributed by atoms with van der Waals surface area (Å²) < 4.78 is 0. The first-order chi connectivity index (χ1) is 6.33. The molecule has 0 radical (unpaired) electrons. The smallest absolute Gasteiger partial charge is 0.0795 e. The normalized spacial score (nSPS) is 11.0. The highest BCUT2D eigenvalue weighted by atomic mass is 79.9. The Hall–Kier alpha value is 0.0700. The van der Waals surface area contributed by atoms with E-state index in [1.807, 2.05) is 5.51 Å². The maximum atomic E-state index is 4.25. The fraction of sp³-hybridized carbons (Fsp3) is 0.667. The number of thiazole rings is 1. The molecule has 0 saturated carbocycles. The molecule has 1 aromatic rings. The highest BCUT2D eigenvalue weighted by Crippen LogP contribution is 2.05. The summed E-state index contributed by atoms with van der Waals surface area (Å²) in [6, 6.07) is 0. The van der Waals surface area contributed by atoms with E-state index in [-0.39, 0.29) is 0 Å². The number of unbranched alkanes of at least 4 members (excludes halogenated alkanes) is 1. The van der Waals surface area contributed by atoms with Crippen LogP contribution in [0, 0.1) is 0 Å². The number of hydrogen-bond donors (Lipinski definition) is 0. The molecule has 1 heterocycles. The summed E-state index contributed by atoms with van der Waals surface area (Å²) in [4.78, 5) is 6.57. The van der Waals surface area contributed by atoms with Crippen molar-refractivity contribution in [2.45, 2.75) is 19.4 Å². The zero-order valence-corrected chi connectivity index (χ0v) is 10.3. The quantitative estimate of drug-likeness (QED) is 0.579. The zero-order chi connectivity index (χ0) is 9.52. The Balaban J connectivity index is 2.14. The van der Waals surface area contributed by atoms with E-state index in [4.69, 9.17) is 0 Å². The molecule has 0 unspecified atom stereocenters. The number of aromatic nitrogens is 1. The summed E-state index contributed by atoms with van der Waals surface area (Å²) in [5, 5.41) is 3.22. The number of rotatable bonds is 6. The van der Waals surface area contributed by atoms with Crippen LogP contribution in [0.4, 0.5) is 0 Å². The van der Waals surface area contributed by atoms with Crippen LogP contribution in [0.2, 0.25) is 0 Å². The molecule has 1 rings (SSSR count). The lowest BCUT2D eigenvalue weighted by Crippen LogP contribution is -2.19. The molecule has 74 valence electrons. The van der Waals surface area contributed by atoms with Crippen molar-refractivity contribution in [2.24, 2.45) is 0 Å². The highest BCUT2D eigenvalue weighted by Gasteiger charge is 2.00. The molecule has 0 aliphatic heterocycles. The van der Waals surface area contributed by atoms with Crippen LogP contribution in [-0.4, -0.2) is 28.8 Å². The van der Waals surface area contributed by atoms with Crippen LogP contribution in [0.25, 0.3) is 0 Å². The fourth-order valence-electron chi connectivity index (χ4n) is 1.15. The molecule has 0 N–H and O–H groups in total. The molecule has 0 saturated heterocycles. The minimum atomic E-state index is 0.978. The minimum Gasteiger partial charge on any atom is -0.301 e. The van der Waals surface area contributed by atoms with Gasteiger partial charge in [-0.3, -0.25) is 0 Å². The molecule has 1 aromatic heterocycles. The van der Waals surface area contributed by atoms with Crippen LogP contribution in [0.5, 0.6) is 0 Å². The maximum Gasteiger partial charge on any atom is 0.0795 e. The van der Waals surface area contributed by atoms with Crippen molar-refractivity contribution in [2.75, 3.05) is 18.9 Å². The van der Waals surface area contributed by atoms with E-state index in [1.54, 1.807) is 11.3 Å². The number of hydrogen-bond acceptors (Lipinski definition) is 3. The van der Waals surface area contributed by atoms with Crippen LogP contribution in [-0.2, 0) is 6.54 Å². The lowest BCUT2D eigenvalue weighted by atomic mass is 10.3. The molecule has 0 amide bonds. The van der Waals surface area contributed by atoms with Gasteiger partial charge >= 0.3 is 0 Å². The van der Waals surface area contributed by atoms with Gasteiger partial charge in [0.2, 0.25) is 0 Å². The number of nitrogens with zero attached hydrogens (tertiary/aromatic N) is 2. The molecule has 0 fully saturated rings. The average Bonchev–Trinajstić information content (AvgIpc) is 2.57. The van der Waals surface area contributed by atoms with Gasteiger partial charge in [-0.2, -0.15) is 0 Å². The maximum absolute atomic E-state index is 4.25. The summed E-state index contributed by atoms with van der Waals surface area (Å²) in [6.07, 6.45) is 2.51. The third-order valence-corrected chi connectivity index (χ3v) is 3.03. The van der Waals surface area contributed by atoms with Crippen molar-refractivity contribution >= 4 is 27.3 Å². The van der Waals surface area contributed by atoms with Crippen molar-refractivity contribution in [3.05, 3.63) is 16.6 Å². The van der Waals surface area contributed by atoms with Crippen LogP contribution in [0.3, 0.4) is 0 Å². The SMILES string of the molecule is CN(CCCCBr)Cc1cscn1. The van der Waals surface area contributed by atoms with Crippen LogP contribution >= 0.6 is 27.3 Å². The van der Waals surface area contributed by atoms with E-state index >= 15 is 0 Å². The van der Waals surface area contributed by atoms with Crippen molar-refractivity contribution < 1.29 is 0 Å². The van der Waals surface area contributed by atoms with E-state index in [9.17, 15) is 0 Å². The van der Waals surface area contributed by atoms with Gasteiger partial charge in [-0.05, 0) is 26.4 Å². The van der Waals surface area contributed by atoms with Gasteiger partial charge in [-0.25, -0.2) is 4.98 Å². The van der Waals surface area contributed by atoms with E-state index in [2.05, 4.69) is 38.2 Å². The monoisotopic (exact) mass is 262 g/mol. The second-order valence-corrected chi connectivity index (χ2v) is 4.63. The molecule has 4 heteroatoms. The van der Waals surface area contributed by atoms with Crippen molar-refractivity contribution in [1.82, 2.24) is 9.88 Å². The predicted octanol–water partition coefficient (Wildman–Crippen LogP) is 2.75. The Morgan fingerprint density at radius 1 is 1.54 bits per heavy atom. The summed E-state index contributed by atoms with van der Waals surface area (Å²) >= 11 is 5.10. The van der Waals surface area contributed by atoms with Crippen molar-refractivity contribution in [3.8, 4) is 0 Å². The van der Waals surface area contributed by atoms with Crippen LogP contribution in [0.1, 0.15) is 18.5 Å². The second-order valence-electron chi connectivity index (χ2n) is 3.11. The summed E-state index contributed by atoms with van der Waals surface area (Å²) in [7, 11) is 2.15. The molecule has 0 aliphatic carbocycles. The Bertz CT molecular complexity index is 213. The first-order valence-electron chi connectivity index (χ1n) is 4.44. The average molecular weight is 263 g/mol. The molecule has 0 spiro atoms. The Morgan fingerprint density at radius 3 is 3.00 bits per heavy atom. The highest BCUT2D eigenvalue weighted by molar-refractivity contribution is 9.09. The molecule has 13 heavy (non-hydrogen) atoms. The van der Waals surface area contributed by atoms with Gasteiger partial charge in [0.25, 0.3) is 0 Å². The lowest BCUT2D eigenvalue weighted by Gasteiger charge is -2.14. The topological polar surface area (TPSA) is 16.1 Å².